The van der Waals surface area contributed by atoms with E-state index in [1.54, 1.807) is 6.33 Å². The van der Waals surface area contributed by atoms with Gasteiger partial charge < -0.3 is 19.8 Å². The highest BCUT2D eigenvalue weighted by Crippen LogP contribution is 2.37. The van der Waals surface area contributed by atoms with Gasteiger partial charge in [-0.3, -0.25) is 0 Å². The summed E-state index contributed by atoms with van der Waals surface area (Å²) < 4.78 is 13.5. The number of ether oxygens (including phenoxy) is 2. The molecule has 0 saturated heterocycles. The Labute approximate surface area is 138 Å². The van der Waals surface area contributed by atoms with Gasteiger partial charge >= 0.3 is 0 Å². The highest BCUT2D eigenvalue weighted by molar-refractivity contribution is 9.10. The second kappa shape index (κ2) is 4.99. The minimum Gasteiger partial charge on any atom is -0.454 e. The first kappa shape index (κ1) is 13.6. The van der Waals surface area contributed by atoms with Crippen molar-refractivity contribution in [1.29, 1.82) is 0 Å². The van der Waals surface area contributed by atoms with Crippen LogP contribution in [0.25, 0.3) is 11.2 Å². The number of hydrogen-bond acceptors (Lipinski definition) is 6. The van der Waals surface area contributed by atoms with Crippen LogP contribution in [0, 0.1) is 0 Å². The van der Waals surface area contributed by atoms with Gasteiger partial charge in [-0.25, -0.2) is 4.98 Å². The van der Waals surface area contributed by atoms with Crippen LogP contribution in [0.4, 0.5) is 5.95 Å². The smallest absolute Gasteiger partial charge is 0.231 e. The predicted molar refractivity (Wildman–Crippen MR) is 84.1 cm³/mol. The maximum atomic E-state index is 6.03. The number of benzene rings is 1. The van der Waals surface area contributed by atoms with E-state index in [2.05, 4.69) is 30.9 Å². The predicted octanol–water partition coefficient (Wildman–Crippen LogP) is 2.60. The van der Waals surface area contributed by atoms with Crippen LogP contribution in [0.5, 0.6) is 11.5 Å². The molecule has 0 spiro atoms. The van der Waals surface area contributed by atoms with E-state index < -0.39 is 0 Å². The summed E-state index contributed by atoms with van der Waals surface area (Å²) in [5.41, 5.74) is 7.76. The van der Waals surface area contributed by atoms with E-state index in [-0.39, 0.29) is 17.9 Å². The van der Waals surface area contributed by atoms with Gasteiger partial charge in [-0.1, -0.05) is 27.5 Å². The van der Waals surface area contributed by atoms with E-state index >= 15 is 0 Å². The topological polar surface area (TPSA) is 88.1 Å². The molecule has 0 atom stereocenters. The summed E-state index contributed by atoms with van der Waals surface area (Å²) >= 11 is 9.57. The molecule has 1 aliphatic rings. The lowest BCUT2D eigenvalue weighted by atomic mass is 10.2. The first-order valence-electron chi connectivity index (χ1n) is 6.33. The van der Waals surface area contributed by atoms with Crippen molar-refractivity contribution in [2.45, 2.75) is 6.54 Å². The highest BCUT2D eigenvalue weighted by Gasteiger charge is 2.18. The summed E-state index contributed by atoms with van der Waals surface area (Å²) in [6.07, 6.45) is 1.65. The van der Waals surface area contributed by atoms with Crippen molar-refractivity contribution in [2.75, 3.05) is 12.5 Å². The number of imidazole rings is 1. The van der Waals surface area contributed by atoms with Crippen molar-refractivity contribution in [3.8, 4) is 11.5 Å². The fourth-order valence-electron chi connectivity index (χ4n) is 2.31. The summed E-state index contributed by atoms with van der Waals surface area (Å²) in [7, 11) is 0. The van der Waals surface area contributed by atoms with Gasteiger partial charge in [0.1, 0.15) is 5.52 Å². The van der Waals surface area contributed by atoms with Crippen LogP contribution in [-0.2, 0) is 6.54 Å². The standard InChI is InChI=1S/C13H9BrClN5O2/c14-7-2-9-8(21-5-22-9)1-6(7)3-20-4-17-10-11(15)18-13(16)19-12(10)20/h1-2,4H,3,5H2,(H2,16,18,19). The molecule has 2 N–H and O–H groups in total. The first-order valence-corrected chi connectivity index (χ1v) is 7.51. The fourth-order valence-corrected chi connectivity index (χ4v) is 2.97. The van der Waals surface area contributed by atoms with Crippen LogP contribution in [0.1, 0.15) is 5.56 Å². The van der Waals surface area contributed by atoms with Crippen molar-refractivity contribution >= 4 is 44.6 Å². The summed E-state index contributed by atoms with van der Waals surface area (Å²) in [4.78, 5) is 12.3. The van der Waals surface area contributed by atoms with E-state index in [1.165, 1.54) is 0 Å². The molecule has 22 heavy (non-hydrogen) atoms. The SMILES string of the molecule is Nc1nc(Cl)c2ncn(Cc3cc4c(cc3Br)OCO4)c2n1. The van der Waals surface area contributed by atoms with Crippen molar-refractivity contribution in [1.82, 2.24) is 19.5 Å². The normalized spacial score (nSPS) is 13.0. The Hall–Kier alpha value is -2.06. The summed E-state index contributed by atoms with van der Waals surface area (Å²) in [6.45, 7) is 0.763. The van der Waals surface area contributed by atoms with Gasteiger partial charge in [0.05, 0.1) is 12.9 Å². The van der Waals surface area contributed by atoms with Crippen molar-refractivity contribution < 1.29 is 9.47 Å². The lowest BCUT2D eigenvalue weighted by Gasteiger charge is -2.08. The van der Waals surface area contributed by atoms with Gasteiger partial charge in [0.25, 0.3) is 0 Å². The maximum absolute atomic E-state index is 6.03. The van der Waals surface area contributed by atoms with E-state index in [4.69, 9.17) is 26.8 Å². The molecule has 0 amide bonds. The van der Waals surface area contributed by atoms with Gasteiger partial charge in [0, 0.05) is 4.47 Å². The molecule has 0 aliphatic carbocycles. The molecular formula is C13H9BrClN5O2. The minimum absolute atomic E-state index is 0.115. The number of nitrogen functional groups attached to an aromatic ring is 1. The van der Waals surface area contributed by atoms with Gasteiger partial charge in [-0.2, -0.15) is 9.97 Å². The number of hydrogen-bond donors (Lipinski definition) is 1. The third-order valence-electron chi connectivity index (χ3n) is 3.32. The zero-order valence-electron chi connectivity index (χ0n) is 11.1. The first-order chi connectivity index (χ1) is 10.6. The molecule has 0 saturated carbocycles. The van der Waals surface area contributed by atoms with Crippen LogP contribution in [0.3, 0.4) is 0 Å². The van der Waals surface area contributed by atoms with Crippen molar-refractivity contribution in [2.24, 2.45) is 0 Å². The van der Waals surface area contributed by atoms with Crippen molar-refractivity contribution in [3.63, 3.8) is 0 Å². The van der Waals surface area contributed by atoms with E-state index in [9.17, 15) is 0 Å². The molecule has 0 radical (unpaired) electrons. The van der Waals surface area contributed by atoms with Gasteiger partial charge in [-0.15, -0.1) is 0 Å². The molecule has 0 fully saturated rings. The average molecular weight is 383 g/mol. The maximum Gasteiger partial charge on any atom is 0.231 e. The number of rotatable bonds is 2. The molecule has 1 aromatic carbocycles. The largest absolute Gasteiger partial charge is 0.454 e. The zero-order chi connectivity index (χ0) is 15.3. The quantitative estimate of drug-likeness (QED) is 0.685. The second-order valence-corrected chi connectivity index (χ2v) is 5.93. The molecule has 0 bridgehead atoms. The van der Waals surface area contributed by atoms with Gasteiger partial charge in [0.15, 0.2) is 22.3 Å². The molecule has 3 aromatic rings. The van der Waals surface area contributed by atoms with Crippen LogP contribution in [0.2, 0.25) is 5.15 Å². The Morgan fingerprint density at radius 3 is 2.86 bits per heavy atom. The van der Waals surface area contributed by atoms with E-state index in [0.717, 1.165) is 21.5 Å². The third-order valence-corrected chi connectivity index (χ3v) is 4.32. The molecule has 4 rings (SSSR count). The molecule has 3 heterocycles. The Kier molecular flexibility index (Phi) is 3.08. The molecular weight excluding hydrogens is 374 g/mol. The van der Waals surface area contributed by atoms with Crippen LogP contribution < -0.4 is 15.2 Å². The summed E-state index contributed by atoms with van der Waals surface area (Å²) in [5.74, 6) is 1.56. The Bertz CT molecular complexity index is 898. The van der Waals surface area contributed by atoms with Gasteiger partial charge in [-0.05, 0) is 17.7 Å². The van der Waals surface area contributed by atoms with Crippen LogP contribution in [0.15, 0.2) is 22.9 Å². The Balaban J connectivity index is 1.78. The van der Waals surface area contributed by atoms with E-state index in [0.29, 0.717) is 17.7 Å². The van der Waals surface area contributed by atoms with Crippen LogP contribution >= 0.6 is 27.5 Å². The molecule has 9 heteroatoms. The molecule has 2 aromatic heterocycles. The summed E-state index contributed by atoms with van der Waals surface area (Å²) in [5, 5.41) is 0.242. The number of fused-ring (bicyclic) bond motifs is 2. The third kappa shape index (κ3) is 2.15. The lowest BCUT2D eigenvalue weighted by molar-refractivity contribution is 0.174. The van der Waals surface area contributed by atoms with E-state index in [1.807, 2.05) is 16.7 Å². The van der Waals surface area contributed by atoms with Crippen LogP contribution in [-0.4, -0.2) is 26.3 Å². The number of halogens is 2. The molecule has 112 valence electrons. The Morgan fingerprint density at radius 2 is 2.05 bits per heavy atom. The Morgan fingerprint density at radius 1 is 1.27 bits per heavy atom. The zero-order valence-corrected chi connectivity index (χ0v) is 13.4. The monoisotopic (exact) mass is 381 g/mol. The highest BCUT2D eigenvalue weighted by atomic mass is 79.9. The second-order valence-electron chi connectivity index (χ2n) is 4.71. The molecule has 7 nitrogen and oxygen atoms in total. The number of aromatic nitrogens is 4. The molecule has 0 unspecified atom stereocenters. The number of anilines is 1. The number of nitrogens with two attached hydrogens (primary N) is 1. The lowest BCUT2D eigenvalue weighted by Crippen LogP contribution is -2.03. The fraction of sp³-hybridized carbons (Fsp3) is 0.154. The molecule has 1 aliphatic heterocycles. The van der Waals surface area contributed by atoms with Crippen molar-refractivity contribution in [3.05, 3.63) is 33.6 Å². The summed E-state index contributed by atoms with van der Waals surface area (Å²) in [6, 6.07) is 3.80. The van der Waals surface area contributed by atoms with Gasteiger partial charge in [0.2, 0.25) is 12.7 Å². The minimum atomic E-state index is 0.115. The number of nitrogens with zero attached hydrogens (tertiary/aromatic N) is 4. The average Bonchev–Trinajstić information content (AvgIpc) is 3.06.